The molecule has 1 fully saturated rings. The molecule has 3 N–H and O–H groups in total. The van der Waals surface area contributed by atoms with Gasteiger partial charge in [0.2, 0.25) is 0 Å². The molecule has 1 aliphatic rings. The highest BCUT2D eigenvalue weighted by atomic mass is 32.1. The minimum absolute atomic E-state index is 0.141. The molecule has 2 atom stereocenters. The van der Waals surface area contributed by atoms with Crippen LogP contribution < -0.4 is 11.3 Å². The number of rotatable bonds is 4. The Balaban J connectivity index is 2.17. The molecule has 0 spiro atoms. The van der Waals surface area contributed by atoms with Gasteiger partial charge in [0.05, 0.1) is 23.2 Å². The standard InChI is InChI=1S/C9H16N4OS/c1-2-7-9(15-13-12-7)8(11-10)6-3-4-14-5-6/h6,8,11H,2-5,10H2,1H3. The van der Waals surface area contributed by atoms with Crippen molar-refractivity contribution in [2.24, 2.45) is 11.8 Å². The number of nitrogens with two attached hydrogens (primary N) is 1. The zero-order chi connectivity index (χ0) is 10.7. The zero-order valence-corrected chi connectivity index (χ0v) is 9.59. The smallest absolute Gasteiger partial charge is 0.0801 e. The Bertz CT molecular complexity index is 311. The Labute approximate surface area is 93.1 Å². The summed E-state index contributed by atoms with van der Waals surface area (Å²) in [6.45, 7) is 3.69. The molecule has 0 aliphatic carbocycles. The van der Waals surface area contributed by atoms with E-state index in [0.29, 0.717) is 5.92 Å². The number of aryl methyl sites for hydroxylation is 1. The van der Waals surface area contributed by atoms with Gasteiger partial charge in [-0.3, -0.25) is 11.3 Å². The van der Waals surface area contributed by atoms with Crippen molar-refractivity contribution in [2.75, 3.05) is 13.2 Å². The van der Waals surface area contributed by atoms with Gasteiger partial charge < -0.3 is 4.74 Å². The van der Waals surface area contributed by atoms with E-state index in [1.54, 1.807) is 0 Å². The first-order valence-corrected chi connectivity index (χ1v) is 5.99. The largest absolute Gasteiger partial charge is 0.381 e. The molecule has 2 rings (SSSR count). The lowest BCUT2D eigenvalue weighted by atomic mass is 9.97. The molecule has 0 bridgehead atoms. The second kappa shape index (κ2) is 4.98. The van der Waals surface area contributed by atoms with Gasteiger partial charge in [-0.2, -0.15) is 0 Å². The minimum atomic E-state index is 0.141. The van der Waals surface area contributed by atoms with E-state index in [2.05, 4.69) is 21.9 Å². The van der Waals surface area contributed by atoms with Crippen molar-refractivity contribution in [3.05, 3.63) is 10.6 Å². The first-order valence-electron chi connectivity index (χ1n) is 5.21. The number of ether oxygens (including phenoxy) is 1. The van der Waals surface area contributed by atoms with Crippen molar-refractivity contribution >= 4 is 11.5 Å². The molecule has 5 nitrogen and oxygen atoms in total. The third-order valence-corrected chi connectivity index (χ3v) is 3.67. The average Bonchev–Trinajstić information content (AvgIpc) is 2.89. The van der Waals surface area contributed by atoms with Crippen LogP contribution in [0.25, 0.3) is 0 Å². The Kier molecular flexibility index (Phi) is 3.63. The topological polar surface area (TPSA) is 73.1 Å². The van der Waals surface area contributed by atoms with E-state index in [0.717, 1.165) is 36.6 Å². The van der Waals surface area contributed by atoms with Gasteiger partial charge in [-0.05, 0) is 24.4 Å². The summed E-state index contributed by atoms with van der Waals surface area (Å²) in [7, 11) is 0. The molecule has 84 valence electrons. The van der Waals surface area contributed by atoms with Crippen molar-refractivity contribution < 1.29 is 4.74 Å². The van der Waals surface area contributed by atoms with Crippen LogP contribution in [0.5, 0.6) is 0 Å². The molecule has 1 aromatic rings. The van der Waals surface area contributed by atoms with E-state index >= 15 is 0 Å². The number of nitrogens with zero attached hydrogens (tertiary/aromatic N) is 2. The molecular formula is C9H16N4OS. The highest BCUT2D eigenvalue weighted by Gasteiger charge is 2.29. The fourth-order valence-electron chi connectivity index (χ4n) is 1.94. The van der Waals surface area contributed by atoms with Crippen LogP contribution in [0.2, 0.25) is 0 Å². The number of hydrazine groups is 1. The second-order valence-electron chi connectivity index (χ2n) is 3.71. The summed E-state index contributed by atoms with van der Waals surface area (Å²) < 4.78 is 9.37. The van der Waals surface area contributed by atoms with Gasteiger partial charge in [0.1, 0.15) is 0 Å². The molecule has 2 heterocycles. The monoisotopic (exact) mass is 228 g/mol. The van der Waals surface area contributed by atoms with Crippen molar-refractivity contribution in [1.29, 1.82) is 0 Å². The summed E-state index contributed by atoms with van der Waals surface area (Å²) in [6, 6.07) is 0.141. The van der Waals surface area contributed by atoms with E-state index in [1.807, 2.05) is 0 Å². The van der Waals surface area contributed by atoms with Crippen LogP contribution in [0, 0.1) is 5.92 Å². The van der Waals surface area contributed by atoms with E-state index in [4.69, 9.17) is 10.6 Å². The van der Waals surface area contributed by atoms with E-state index in [-0.39, 0.29) is 6.04 Å². The lowest BCUT2D eigenvalue weighted by molar-refractivity contribution is 0.177. The van der Waals surface area contributed by atoms with Gasteiger partial charge in [0.15, 0.2) is 0 Å². The van der Waals surface area contributed by atoms with Crippen LogP contribution in [-0.2, 0) is 11.2 Å². The molecule has 1 aromatic heterocycles. The molecule has 1 saturated heterocycles. The first kappa shape index (κ1) is 10.9. The predicted molar refractivity (Wildman–Crippen MR) is 58.3 cm³/mol. The molecule has 1 aliphatic heterocycles. The van der Waals surface area contributed by atoms with Crippen LogP contribution in [-0.4, -0.2) is 22.8 Å². The average molecular weight is 228 g/mol. The molecule has 0 amide bonds. The molecule has 15 heavy (non-hydrogen) atoms. The number of aromatic nitrogens is 2. The van der Waals surface area contributed by atoms with Crippen LogP contribution in [0.4, 0.5) is 0 Å². The molecule has 0 radical (unpaired) electrons. The summed E-state index contributed by atoms with van der Waals surface area (Å²) in [5.41, 5.74) is 3.92. The number of nitrogens with one attached hydrogen (secondary N) is 1. The van der Waals surface area contributed by atoms with Gasteiger partial charge in [0.25, 0.3) is 0 Å². The maximum absolute atomic E-state index is 5.61. The number of hydrogen-bond acceptors (Lipinski definition) is 6. The van der Waals surface area contributed by atoms with Crippen LogP contribution >= 0.6 is 11.5 Å². The molecule has 0 aromatic carbocycles. The molecule has 2 unspecified atom stereocenters. The Hall–Kier alpha value is -0.560. The number of hydrogen-bond donors (Lipinski definition) is 2. The summed E-state index contributed by atoms with van der Waals surface area (Å²) in [4.78, 5) is 1.16. The second-order valence-corrected chi connectivity index (χ2v) is 4.49. The summed E-state index contributed by atoms with van der Waals surface area (Å²) in [5, 5.41) is 4.11. The predicted octanol–water partition coefficient (Wildman–Crippen LogP) is 0.641. The normalized spacial score (nSPS) is 23.2. The Morgan fingerprint density at radius 1 is 1.73 bits per heavy atom. The quantitative estimate of drug-likeness (QED) is 0.584. The lowest BCUT2D eigenvalue weighted by Gasteiger charge is -2.20. The summed E-state index contributed by atoms with van der Waals surface area (Å²) >= 11 is 1.43. The fraction of sp³-hybridized carbons (Fsp3) is 0.778. The zero-order valence-electron chi connectivity index (χ0n) is 8.77. The van der Waals surface area contributed by atoms with Gasteiger partial charge in [-0.25, -0.2) is 0 Å². The molecule has 6 heteroatoms. The van der Waals surface area contributed by atoms with Crippen molar-refractivity contribution in [3.63, 3.8) is 0 Å². The Morgan fingerprint density at radius 3 is 3.20 bits per heavy atom. The molecular weight excluding hydrogens is 212 g/mol. The van der Waals surface area contributed by atoms with Crippen LogP contribution in [0.3, 0.4) is 0 Å². The van der Waals surface area contributed by atoms with Gasteiger partial charge in [0, 0.05) is 12.5 Å². The van der Waals surface area contributed by atoms with Gasteiger partial charge in [-0.15, -0.1) is 5.10 Å². The van der Waals surface area contributed by atoms with Crippen molar-refractivity contribution in [2.45, 2.75) is 25.8 Å². The third kappa shape index (κ3) is 2.17. The maximum atomic E-state index is 5.61. The van der Waals surface area contributed by atoms with E-state index in [1.165, 1.54) is 11.5 Å². The third-order valence-electron chi connectivity index (χ3n) is 2.82. The molecule has 0 saturated carbocycles. The summed E-state index contributed by atoms with van der Waals surface area (Å²) in [5.74, 6) is 6.06. The Morgan fingerprint density at radius 2 is 2.60 bits per heavy atom. The highest BCUT2D eigenvalue weighted by molar-refractivity contribution is 7.05. The maximum Gasteiger partial charge on any atom is 0.0801 e. The fourth-order valence-corrected chi connectivity index (χ4v) is 2.83. The van der Waals surface area contributed by atoms with Crippen molar-refractivity contribution in [1.82, 2.24) is 15.0 Å². The van der Waals surface area contributed by atoms with E-state index < -0.39 is 0 Å². The highest BCUT2D eigenvalue weighted by Crippen LogP contribution is 2.31. The van der Waals surface area contributed by atoms with Crippen LogP contribution in [0.15, 0.2) is 0 Å². The van der Waals surface area contributed by atoms with Crippen LogP contribution in [0.1, 0.15) is 30.0 Å². The van der Waals surface area contributed by atoms with Crippen molar-refractivity contribution in [3.8, 4) is 0 Å². The SMILES string of the molecule is CCc1nnsc1C(NN)C1CCOC1. The first-order chi connectivity index (χ1) is 7.36. The lowest BCUT2D eigenvalue weighted by Crippen LogP contribution is -2.33. The summed E-state index contributed by atoms with van der Waals surface area (Å²) in [6.07, 6.45) is 1.95. The minimum Gasteiger partial charge on any atom is -0.381 e. The van der Waals surface area contributed by atoms with E-state index in [9.17, 15) is 0 Å². The van der Waals surface area contributed by atoms with Gasteiger partial charge in [-0.1, -0.05) is 11.4 Å². The van der Waals surface area contributed by atoms with Gasteiger partial charge >= 0.3 is 0 Å².